The third-order valence-electron chi connectivity index (χ3n) is 2.73. The van der Waals surface area contributed by atoms with Crippen LogP contribution in [0, 0.1) is 22.7 Å². The number of hydrogen-bond donors (Lipinski definition) is 0. The van der Waals surface area contributed by atoms with Gasteiger partial charge in [0.05, 0.1) is 23.3 Å². The highest BCUT2D eigenvalue weighted by Crippen LogP contribution is 2.34. The highest BCUT2D eigenvalue weighted by molar-refractivity contribution is 7.25. The lowest BCUT2D eigenvalue weighted by Gasteiger charge is -1.92. The summed E-state index contributed by atoms with van der Waals surface area (Å²) >= 11 is 1.62. The molecule has 0 aliphatic heterocycles. The zero-order chi connectivity index (χ0) is 11.8. The third-order valence-corrected chi connectivity index (χ3v) is 3.85. The normalized spacial score (nSPS) is 10.2. The molecule has 1 aromatic heterocycles. The van der Waals surface area contributed by atoms with E-state index in [0.29, 0.717) is 11.1 Å². The van der Waals surface area contributed by atoms with Crippen molar-refractivity contribution in [2.45, 2.75) is 0 Å². The van der Waals surface area contributed by atoms with E-state index >= 15 is 0 Å². The molecule has 2 aromatic carbocycles. The summed E-state index contributed by atoms with van der Waals surface area (Å²) in [5.41, 5.74) is 1.34. The highest BCUT2D eigenvalue weighted by Gasteiger charge is 2.06. The molecule has 0 bridgehead atoms. The molecule has 0 N–H and O–H groups in total. The quantitative estimate of drug-likeness (QED) is 0.594. The van der Waals surface area contributed by atoms with Gasteiger partial charge in [-0.15, -0.1) is 11.3 Å². The summed E-state index contributed by atoms with van der Waals surface area (Å²) < 4.78 is 2.18. The van der Waals surface area contributed by atoms with Crippen molar-refractivity contribution in [2.75, 3.05) is 0 Å². The van der Waals surface area contributed by atoms with Gasteiger partial charge in [0.2, 0.25) is 0 Å². The van der Waals surface area contributed by atoms with E-state index in [9.17, 15) is 0 Å². The topological polar surface area (TPSA) is 47.6 Å². The predicted molar refractivity (Wildman–Crippen MR) is 68.8 cm³/mol. The van der Waals surface area contributed by atoms with Crippen LogP contribution in [0.4, 0.5) is 0 Å². The molecule has 2 nitrogen and oxygen atoms in total. The summed E-state index contributed by atoms with van der Waals surface area (Å²) in [6.07, 6.45) is 0. The summed E-state index contributed by atoms with van der Waals surface area (Å²) in [5.74, 6) is 0. The minimum absolute atomic E-state index is 0.671. The van der Waals surface area contributed by atoms with Gasteiger partial charge < -0.3 is 0 Å². The Morgan fingerprint density at radius 2 is 1.24 bits per heavy atom. The molecule has 0 spiro atoms. The average Bonchev–Trinajstić information content (AvgIpc) is 2.74. The SMILES string of the molecule is N#Cc1ccc2c(c1)sc1cc(C#N)ccc12. The number of nitrogens with zero attached hydrogens (tertiary/aromatic N) is 2. The number of fused-ring (bicyclic) bond motifs is 3. The summed E-state index contributed by atoms with van der Waals surface area (Å²) in [4.78, 5) is 0. The molecule has 0 atom stereocenters. The van der Waals surface area contributed by atoms with Gasteiger partial charge >= 0.3 is 0 Å². The largest absolute Gasteiger partial charge is 0.192 e. The lowest BCUT2D eigenvalue weighted by Crippen LogP contribution is -1.73. The number of nitriles is 2. The number of thiophene rings is 1. The molecule has 3 rings (SSSR count). The van der Waals surface area contributed by atoms with Crippen LogP contribution in [0.25, 0.3) is 20.2 Å². The predicted octanol–water partition coefficient (Wildman–Crippen LogP) is 3.80. The van der Waals surface area contributed by atoms with E-state index in [1.165, 1.54) is 0 Å². The standard InChI is InChI=1S/C14H6N2S/c15-7-9-1-3-11-12-4-2-10(8-16)6-14(12)17-13(11)5-9/h1-6H. The van der Waals surface area contributed by atoms with Gasteiger partial charge in [-0.2, -0.15) is 10.5 Å². The van der Waals surface area contributed by atoms with Crippen molar-refractivity contribution in [1.82, 2.24) is 0 Å². The van der Waals surface area contributed by atoms with Crippen molar-refractivity contribution in [3.8, 4) is 12.1 Å². The molecule has 0 saturated carbocycles. The number of rotatable bonds is 0. The zero-order valence-corrected chi connectivity index (χ0v) is 9.58. The van der Waals surface area contributed by atoms with Crippen LogP contribution in [0.1, 0.15) is 11.1 Å². The van der Waals surface area contributed by atoms with Crippen molar-refractivity contribution in [3.63, 3.8) is 0 Å². The molecule has 78 valence electrons. The fraction of sp³-hybridized carbons (Fsp3) is 0. The minimum Gasteiger partial charge on any atom is -0.192 e. The Hall–Kier alpha value is -2.36. The maximum Gasteiger partial charge on any atom is 0.0992 e. The van der Waals surface area contributed by atoms with Gasteiger partial charge in [-0.25, -0.2) is 0 Å². The van der Waals surface area contributed by atoms with Gasteiger partial charge in [0.25, 0.3) is 0 Å². The van der Waals surface area contributed by atoms with E-state index in [4.69, 9.17) is 10.5 Å². The van der Waals surface area contributed by atoms with E-state index in [1.54, 1.807) is 11.3 Å². The third kappa shape index (κ3) is 1.45. The Labute approximate surface area is 102 Å². The Morgan fingerprint density at radius 1 is 0.765 bits per heavy atom. The first-order valence-corrected chi connectivity index (χ1v) is 5.90. The fourth-order valence-corrected chi connectivity index (χ4v) is 3.10. The first-order chi connectivity index (χ1) is 8.31. The average molecular weight is 234 g/mol. The zero-order valence-electron chi connectivity index (χ0n) is 8.77. The molecular formula is C14H6N2S. The molecule has 0 aliphatic carbocycles. The monoisotopic (exact) mass is 234 g/mol. The molecule has 17 heavy (non-hydrogen) atoms. The van der Waals surface area contributed by atoms with Crippen molar-refractivity contribution in [2.24, 2.45) is 0 Å². The van der Waals surface area contributed by atoms with Crippen LogP contribution in [0.15, 0.2) is 36.4 Å². The molecule has 0 saturated heterocycles. The first kappa shape index (κ1) is 9.84. The molecule has 0 radical (unpaired) electrons. The Bertz CT molecular complexity index is 747. The maximum absolute atomic E-state index is 8.87. The van der Waals surface area contributed by atoms with Gasteiger partial charge in [-0.05, 0) is 24.3 Å². The van der Waals surface area contributed by atoms with Crippen LogP contribution in [0.2, 0.25) is 0 Å². The van der Waals surface area contributed by atoms with E-state index in [-0.39, 0.29) is 0 Å². The van der Waals surface area contributed by atoms with Crippen LogP contribution in [0.3, 0.4) is 0 Å². The second kappa shape index (κ2) is 3.59. The molecule has 3 aromatic rings. The Balaban J connectivity index is 2.42. The molecular weight excluding hydrogens is 228 g/mol. The summed E-state index contributed by atoms with van der Waals surface area (Å²) in [6, 6.07) is 15.7. The minimum atomic E-state index is 0.671. The second-order valence-electron chi connectivity index (χ2n) is 3.75. The van der Waals surface area contributed by atoms with Gasteiger partial charge in [-0.3, -0.25) is 0 Å². The van der Waals surface area contributed by atoms with Crippen molar-refractivity contribution in [3.05, 3.63) is 47.5 Å². The van der Waals surface area contributed by atoms with E-state index in [1.807, 2.05) is 36.4 Å². The second-order valence-corrected chi connectivity index (χ2v) is 4.83. The van der Waals surface area contributed by atoms with Crippen molar-refractivity contribution in [1.29, 1.82) is 10.5 Å². The number of benzene rings is 2. The lowest BCUT2D eigenvalue weighted by atomic mass is 10.1. The summed E-state index contributed by atoms with van der Waals surface area (Å²) in [7, 11) is 0. The fourth-order valence-electron chi connectivity index (χ4n) is 1.92. The van der Waals surface area contributed by atoms with Crippen molar-refractivity contribution < 1.29 is 0 Å². The van der Waals surface area contributed by atoms with Crippen LogP contribution in [-0.2, 0) is 0 Å². The molecule has 1 heterocycles. The number of hydrogen-bond acceptors (Lipinski definition) is 3. The van der Waals surface area contributed by atoms with Gasteiger partial charge in [0.1, 0.15) is 0 Å². The lowest BCUT2D eigenvalue weighted by molar-refractivity contribution is 1.50. The van der Waals surface area contributed by atoms with Crippen LogP contribution in [0.5, 0.6) is 0 Å². The van der Waals surface area contributed by atoms with E-state index < -0.39 is 0 Å². The molecule has 0 unspecified atom stereocenters. The van der Waals surface area contributed by atoms with Crippen molar-refractivity contribution >= 4 is 31.5 Å². The van der Waals surface area contributed by atoms with E-state index in [0.717, 1.165) is 20.2 Å². The van der Waals surface area contributed by atoms with Crippen LogP contribution >= 0.6 is 11.3 Å². The Kier molecular flexibility index (Phi) is 2.08. The molecule has 3 heteroatoms. The Morgan fingerprint density at radius 3 is 1.65 bits per heavy atom. The van der Waals surface area contributed by atoms with Crippen LogP contribution in [-0.4, -0.2) is 0 Å². The smallest absolute Gasteiger partial charge is 0.0992 e. The van der Waals surface area contributed by atoms with Gasteiger partial charge in [0.15, 0.2) is 0 Å². The molecule has 0 fully saturated rings. The van der Waals surface area contributed by atoms with Crippen LogP contribution < -0.4 is 0 Å². The van der Waals surface area contributed by atoms with Gasteiger partial charge in [-0.1, -0.05) is 12.1 Å². The molecule has 0 amide bonds. The maximum atomic E-state index is 8.87. The summed E-state index contributed by atoms with van der Waals surface area (Å²) in [5, 5.41) is 20.0. The highest BCUT2D eigenvalue weighted by atomic mass is 32.1. The molecule has 0 aliphatic rings. The van der Waals surface area contributed by atoms with E-state index in [2.05, 4.69) is 12.1 Å². The van der Waals surface area contributed by atoms with Gasteiger partial charge in [0, 0.05) is 20.2 Å². The summed E-state index contributed by atoms with van der Waals surface area (Å²) in [6.45, 7) is 0. The first-order valence-electron chi connectivity index (χ1n) is 5.08.